The molecule has 2 atom stereocenters. The van der Waals surface area contributed by atoms with E-state index >= 15 is 0 Å². The number of benzene rings is 1. The third kappa shape index (κ3) is 3.09. The van der Waals surface area contributed by atoms with Gasteiger partial charge in [-0.15, -0.1) is 0 Å². The molecule has 1 aromatic carbocycles. The van der Waals surface area contributed by atoms with Gasteiger partial charge in [0.1, 0.15) is 0 Å². The SMILES string of the molecule is CC(=O)c1cccc(N2CC(O)CNC(C)C2)c1. The minimum atomic E-state index is -0.379. The molecule has 18 heavy (non-hydrogen) atoms. The number of rotatable bonds is 2. The smallest absolute Gasteiger partial charge is 0.159 e. The van der Waals surface area contributed by atoms with Crippen LogP contribution in [0.3, 0.4) is 0 Å². The van der Waals surface area contributed by atoms with Gasteiger partial charge in [-0.25, -0.2) is 0 Å². The van der Waals surface area contributed by atoms with Crippen LogP contribution in [-0.2, 0) is 0 Å². The van der Waals surface area contributed by atoms with E-state index in [4.69, 9.17) is 0 Å². The lowest BCUT2D eigenvalue weighted by Crippen LogP contribution is -2.35. The predicted octanol–water partition coefficient (Wildman–Crippen LogP) is 1.05. The van der Waals surface area contributed by atoms with E-state index < -0.39 is 0 Å². The second kappa shape index (κ2) is 5.50. The summed E-state index contributed by atoms with van der Waals surface area (Å²) in [5.41, 5.74) is 1.71. The van der Waals surface area contributed by atoms with Gasteiger partial charge in [-0.1, -0.05) is 12.1 Å². The first-order valence-electron chi connectivity index (χ1n) is 6.33. The first-order chi connectivity index (χ1) is 8.56. The molecule has 0 aliphatic carbocycles. The van der Waals surface area contributed by atoms with Crippen LogP contribution in [0.25, 0.3) is 0 Å². The zero-order valence-corrected chi connectivity index (χ0v) is 10.9. The van der Waals surface area contributed by atoms with Crippen LogP contribution in [-0.4, -0.2) is 42.7 Å². The fraction of sp³-hybridized carbons (Fsp3) is 0.500. The van der Waals surface area contributed by atoms with Crippen LogP contribution in [0.4, 0.5) is 5.69 Å². The standard InChI is InChI=1S/C14H20N2O2/c1-10-8-16(9-14(18)7-15-10)13-5-3-4-12(6-13)11(2)17/h3-6,10,14-15,18H,7-9H2,1-2H3. The molecule has 2 rings (SSSR count). The molecule has 4 heteroatoms. The lowest BCUT2D eigenvalue weighted by Gasteiger charge is -2.26. The Balaban J connectivity index is 2.23. The lowest BCUT2D eigenvalue weighted by atomic mass is 10.1. The van der Waals surface area contributed by atoms with E-state index in [-0.39, 0.29) is 11.9 Å². The Kier molecular flexibility index (Phi) is 3.99. The van der Waals surface area contributed by atoms with Gasteiger partial charge in [0.25, 0.3) is 0 Å². The quantitative estimate of drug-likeness (QED) is 0.768. The minimum Gasteiger partial charge on any atom is -0.390 e. The summed E-state index contributed by atoms with van der Waals surface area (Å²) in [5, 5.41) is 13.1. The normalized spacial score (nSPS) is 24.7. The van der Waals surface area contributed by atoms with Crippen molar-refractivity contribution in [2.24, 2.45) is 0 Å². The summed E-state index contributed by atoms with van der Waals surface area (Å²) in [6.07, 6.45) is -0.379. The van der Waals surface area contributed by atoms with E-state index in [1.54, 1.807) is 6.92 Å². The maximum absolute atomic E-state index is 11.4. The Morgan fingerprint density at radius 1 is 1.44 bits per heavy atom. The summed E-state index contributed by atoms with van der Waals surface area (Å²) < 4.78 is 0. The Morgan fingerprint density at radius 3 is 2.94 bits per heavy atom. The molecule has 1 heterocycles. The van der Waals surface area contributed by atoms with Crippen molar-refractivity contribution < 1.29 is 9.90 Å². The van der Waals surface area contributed by atoms with Gasteiger partial charge in [0.15, 0.2) is 5.78 Å². The molecule has 0 aromatic heterocycles. The summed E-state index contributed by atoms with van der Waals surface area (Å²) in [5.74, 6) is 0.0680. The van der Waals surface area contributed by atoms with Crippen molar-refractivity contribution >= 4 is 11.5 Å². The van der Waals surface area contributed by atoms with Gasteiger partial charge in [0, 0.05) is 36.9 Å². The number of carbonyl (C=O) groups excluding carboxylic acids is 1. The molecule has 1 aliphatic rings. The van der Waals surface area contributed by atoms with Gasteiger partial charge in [-0.05, 0) is 26.0 Å². The summed E-state index contributed by atoms with van der Waals surface area (Å²) in [6, 6.07) is 7.91. The maximum atomic E-state index is 11.4. The van der Waals surface area contributed by atoms with Crippen LogP contribution < -0.4 is 10.2 Å². The Bertz CT molecular complexity index is 422. The topological polar surface area (TPSA) is 52.6 Å². The number of hydrogen-bond donors (Lipinski definition) is 2. The molecule has 2 unspecified atom stereocenters. The molecule has 2 N–H and O–H groups in total. The molecular weight excluding hydrogens is 228 g/mol. The van der Waals surface area contributed by atoms with E-state index in [2.05, 4.69) is 17.1 Å². The van der Waals surface area contributed by atoms with E-state index in [0.29, 0.717) is 24.7 Å². The van der Waals surface area contributed by atoms with Crippen LogP contribution in [0.2, 0.25) is 0 Å². The van der Waals surface area contributed by atoms with Crippen molar-refractivity contribution in [3.05, 3.63) is 29.8 Å². The largest absolute Gasteiger partial charge is 0.390 e. The van der Waals surface area contributed by atoms with Crippen LogP contribution in [0.15, 0.2) is 24.3 Å². The fourth-order valence-corrected chi connectivity index (χ4v) is 2.26. The highest BCUT2D eigenvalue weighted by Crippen LogP contribution is 2.18. The monoisotopic (exact) mass is 248 g/mol. The lowest BCUT2D eigenvalue weighted by molar-refractivity contribution is 0.101. The van der Waals surface area contributed by atoms with Crippen molar-refractivity contribution in [3.63, 3.8) is 0 Å². The van der Waals surface area contributed by atoms with Gasteiger partial charge < -0.3 is 15.3 Å². The predicted molar refractivity (Wildman–Crippen MR) is 72.1 cm³/mol. The number of aliphatic hydroxyl groups is 1. The molecule has 0 amide bonds. The second-order valence-electron chi connectivity index (χ2n) is 4.97. The molecule has 1 aromatic rings. The average molecular weight is 248 g/mol. The molecule has 0 radical (unpaired) electrons. The molecular formula is C14H20N2O2. The van der Waals surface area contributed by atoms with Gasteiger partial charge in [0.2, 0.25) is 0 Å². The van der Waals surface area contributed by atoms with E-state index in [1.165, 1.54) is 0 Å². The number of hydrogen-bond acceptors (Lipinski definition) is 4. The Labute approximate surface area is 108 Å². The number of aliphatic hydroxyl groups excluding tert-OH is 1. The Morgan fingerprint density at radius 2 is 2.22 bits per heavy atom. The van der Waals surface area contributed by atoms with Crippen LogP contribution in [0.1, 0.15) is 24.2 Å². The van der Waals surface area contributed by atoms with Gasteiger partial charge >= 0.3 is 0 Å². The molecule has 98 valence electrons. The van der Waals surface area contributed by atoms with Crippen molar-refractivity contribution in [1.82, 2.24) is 5.32 Å². The highest BCUT2D eigenvalue weighted by Gasteiger charge is 2.20. The number of Topliss-reactive ketones (excluding diaryl/α,β-unsaturated/α-hetero) is 1. The number of ketones is 1. The zero-order valence-electron chi connectivity index (χ0n) is 10.9. The number of anilines is 1. The van der Waals surface area contributed by atoms with Gasteiger partial charge in [-0.2, -0.15) is 0 Å². The van der Waals surface area contributed by atoms with E-state index in [1.807, 2.05) is 24.3 Å². The van der Waals surface area contributed by atoms with Crippen molar-refractivity contribution in [1.29, 1.82) is 0 Å². The molecule has 4 nitrogen and oxygen atoms in total. The zero-order chi connectivity index (χ0) is 13.1. The van der Waals surface area contributed by atoms with Gasteiger partial charge in [-0.3, -0.25) is 4.79 Å². The van der Waals surface area contributed by atoms with Gasteiger partial charge in [0.05, 0.1) is 6.10 Å². The number of nitrogens with one attached hydrogen (secondary N) is 1. The number of β-amino-alcohol motifs (C(OH)–C–C–N with tert-alkyl or cyclic N) is 1. The van der Waals surface area contributed by atoms with Crippen LogP contribution in [0.5, 0.6) is 0 Å². The molecule has 1 fully saturated rings. The van der Waals surface area contributed by atoms with E-state index in [9.17, 15) is 9.90 Å². The average Bonchev–Trinajstić information content (AvgIpc) is 2.51. The molecule has 1 aliphatic heterocycles. The Hall–Kier alpha value is -1.39. The summed E-state index contributed by atoms with van der Waals surface area (Å²) >= 11 is 0. The van der Waals surface area contributed by atoms with Crippen molar-refractivity contribution in [3.8, 4) is 0 Å². The highest BCUT2D eigenvalue weighted by atomic mass is 16.3. The molecule has 0 spiro atoms. The minimum absolute atomic E-state index is 0.0680. The highest BCUT2D eigenvalue weighted by molar-refractivity contribution is 5.94. The third-order valence-electron chi connectivity index (χ3n) is 3.25. The summed E-state index contributed by atoms with van der Waals surface area (Å²) in [4.78, 5) is 13.5. The first-order valence-corrected chi connectivity index (χ1v) is 6.33. The molecule has 0 bridgehead atoms. The van der Waals surface area contributed by atoms with Crippen LogP contribution in [0, 0.1) is 0 Å². The number of nitrogens with zero attached hydrogens (tertiary/aromatic N) is 1. The van der Waals surface area contributed by atoms with Crippen molar-refractivity contribution in [2.45, 2.75) is 26.0 Å². The van der Waals surface area contributed by atoms with Crippen molar-refractivity contribution in [2.75, 3.05) is 24.5 Å². The fourth-order valence-electron chi connectivity index (χ4n) is 2.26. The van der Waals surface area contributed by atoms with E-state index in [0.717, 1.165) is 12.2 Å². The third-order valence-corrected chi connectivity index (χ3v) is 3.25. The summed E-state index contributed by atoms with van der Waals surface area (Å²) in [7, 11) is 0. The molecule has 1 saturated heterocycles. The van der Waals surface area contributed by atoms with Crippen LogP contribution >= 0.6 is 0 Å². The molecule has 0 saturated carbocycles. The first kappa shape index (κ1) is 13.1. The summed E-state index contributed by atoms with van der Waals surface area (Å²) in [6.45, 7) is 5.71. The second-order valence-corrected chi connectivity index (χ2v) is 4.97. The number of carbonyl (C=O) groups is 1. The maximum Gasteiger partial charge on any atom is 0.159 e.